The number of hydrogen-bond donors (Lipinski definition) is 1. The van der Waals surface area contributed by atoms with Gasteiger partial charge in [-0.2, -0.15) is 0 Å². The molecule has 1 aromatic carbocycles. The van der Waals surface area contributed by atoms with Gasteiger partial charge < -0.3 is 19.7 Å². The molecule has 4 aliphatic heterocycles. The van der Waals surface area contributed by atoms with E-state index in [1.807, 2.05) is 17.0 Å². The molecule has 0 aliphatic carbocycles. The summed E-state index contributed by atoms with van der Waals surface area (Å²) < 4.78 is 10.8. The molecule has 0 aromatic heterocycles. The van der Waals surface area contributed by atoms with Gasteiger partial charge in [-0.15, -0.1) is 0 Å². The lowest BCUT2D eigenvalue weighted by Gasteiger charge is -2.35. The van der Waals surface area contributed by atoms with E-state index in [0.29, 0.717) is 12.5 Å². The number of aliphatic imine (C=N–C) groups is 3. The van der Waals surface area contributed by atoms with Crippen LogP contribution in [0.4, 0.5) is 0 Å². The normalized spacial score (nSPS) is 25.0. The van der Waals surface area contributed by atoms with Crippen LogP contribution in [0.25, 0.3) is 0 Å². The zero-order valence-corrected chi connectivity index (χ0v) is 16.7. The van der Waals surface area contributed by atoms with E-state index in [2.05, 4.69) is 31.3 Å². The van der Waals surface area contributed by atoms with Crippen LogP contribution in [0, 0.1) is 0 Å². The number of thioether (sulfide) groups is 1. The lowest BCUT2D eigenvalue weighted by Crippen LogP contribution is -2.49. The van der Waals surface area contributed by atoms with Crippen LogP contribution in [0.1, 0.15) is 5.56 Å². The maximum absolute atomic E-state index is 12.6. The van der Waals surface area contributed by atoms with Crippen LogP contribution in [0.5, 0.6) is 11.5 Å². The molecule has 1 amide bonds. The van der Waals surface area contributed by atoms with Crippen molar-refractivity contribution in [2.75, 3.05) is 38.7 Å². The van der Waals surface area contributed by atoms with Crippen LogP contribution in [0.15, 0.2) is 33.2 Å². The lowest BCUT2D eigenvalue weighted by molar-refractivity contribution is -0.130. The Balaban J connectivity index is 1.09. The quantitative estimate of drug-likeness (QED) is 0.774. The molecule has 4 aliphatic rings. The summed E-state index contributed by atoms with van der Waals surface area (Å²) in [5, 5.41) is 4.02. The molecule has 4 heterocycles. The van der Waals surface area contributed by atoms with E-state index in [9.17, 15) is 4.79 Å². The maximum atomic E-state index is 12.6. The van der Waals surface area contributed by atoms with E-state index in [4.69, 9.17) is 9.47 Å². The van der Waals surface area contributed by atoms with E-state index in [-0.39, 0.29) is 18.1 Å². The molecule has 0 bridgehead atoms. The van der Waals surface area contributed by atoms with Gasteiger partial charge in [0.05, 0.1) is 12.1 Å². The van der Waals surface area contributed by atoms with E-state index < -0.39 is 0 Å². The van der Waals surface area contributed by atoms with Gasteiger partial charge in [-0.1, -0.05) is 17.8 Å². The highest BCUT2D eigenvalue weighted by Crippen LogP contribution is 2.32. The molecular formula is C19H22N6O3S. The Morgan fingerprint density at radius 2 is 2.03 bits per heavy atom. The number of amides is 1. The molecule has 152 valence electrons. The fourth-order valence-electron chi connectivity index (χ4n) is 3.74. The first-order valence-electron chi connectivity index (χ1n) is 9.65. The van der Waals surface area contributed by atoms with Crippen molar-refractivity contribution in [3.05, 3.63) is 23.8 Å². The van der Waals surface area contributed by atoms with E-state index in [1.54, 1.807) is 6.34 Å². The van der Waals surface area contributed by atoms with E-state index in [0.717, 1.165) is 49.3 Å². The van der Waals surface area contributed by atoms with Gasteiger partial charge in [0, 0.05) is 32.7 Å². The molecule has 0 unspecified atom stereocenters. The zero-order chi connectivity index (χ0) is 19.6. The van der Waals surface area contributed by atoms with Gasteiger partial charge in [-0.3, -0.25) is 9.69 Å². The van der Waals surface area contributed by atoms with Crippen molar-refractivity contribution < 1.29 is 14.3 Å². The summed E-state index contributed by atoms with van der Waals surface area (Å²) in [6.45, 7) is 4.34. The average molecular weight is 414 g/mol. The Labute approximate surface area is 172 Å². The average Bonchev–Trinajstić information content (AvgIpc) is 3.41. The molecule has 0 spiro atoms. The van der Waals surface area contributed by atoms with Crippen LogP contribution in [0.2, 0.25) is 0 Å². The Morgan fingerprint density at radius 3 is 2.93 bits per heavy atom. The highest BCUT2D eigenvalue weighted by atomic mass is 32.2. The number of benzene rings is 1. The van der Waals surface area contributed by atoms with Crippen LogP contribution in [-0.2, 0) is 11.3 Å². The van der Waals surface area contributed by atoms with E-state index in [1.165, 1.54) is 23.7 Å². The maximum Gasteiger partial charge on any atom is 0.233 e. The van der Waals surface area contributed by atoms with Crippen molar-refractivity contribution >= 4 is 35.4 Å². The van der Waals surface area contributed by atoms with Crippen LogP contribution in [0.3, 0.4) is 0 Å². The minimum atomic E-state index is -0.148. The van der Waals surface area contributed by atoms with Gasteiger partial charge in [0.2, 0.25) is 12.7 Å². The first-order chi connectivity index (χ1) is 14.3. The lowest BCUT2D eigenvalue weighted by atomic mass is 10.1. The third kappa shape index (κ3) is 3.95. The second-order valence-electron chi connectivity index (χ2n) is 7.20. The summed E-state index contributed by atoms with van der Waals surface area (Å²) in [6, 6.07) is 6.04. The van der Waals surface area contributed by atoms with Crippen molar-refractivity contribution in [1.82, 2.24) is 15.1 Å². The molecule has 1 fully saturated rings. The van der Waals surface area contributed by atoms with E-state index >= 15 is 0 Å². The number of nitrogens with zero attached hydrogens (tertiary/aromatic N) is 5. The van der Waals surface area contributed by atoms with Gasteiger partial charge in [0.25, 0.3) is 0 Å². The van der Waals surface area contributed by atoms with Crippen LogP contribution < -0.4 is 14.8 Å². The number of nitrogens with one attached hydrogen (secondary N) is 1. The largest absolute Gasteiger partial charge is 0.454 e. The predicted octanol–water partition coefficient (Wildman–Crippen LogP) is 0.559. The number of ether oxygens (including phenoxy) is 2. The van der Waals surface area contributed by atoms with Gasteiger partial charge in [-0.05, 0) is 17.7 Å². The summed E-state index contributed by atoms with van der Waals surface area (Å²) in [5.74, 6) is 2.16. The Bertz CT molecular complexity index is 881. The molecule has 10 heteroatoms. The predicted molar refractivity (Wildman–Crippen MR) is 112 cm³/mol. The summed E-state index contributed by atoms with van der Waals surface area (Å²) in [5.41, 5.74) is 1.20. The Hall–Kier alpha value is -2.59. The molecule has 1 aromatic rings. The van der Waals surface area contributed by atoms with Gasteiger partial charge in [-0.25, -0.2) is 15.0 Å². The fourth-order valence-corrected chi connectivity index (χ4v) is 4.69. The van der Waals surface area contributed by atoms with Crippen molar-refractivity contribution in [3.63, 3.8) is 0 Å². The highest BCUT2D eigenvalue weighted by Gasteiger charge is 2.31. The second kappa shape index (κ2) is 8.03. The summed E-state index contributed by atoms with van der Waals surface area (Å²) in [4.78, 5) is 29.7. The third-order valence-corrected chi connectivity index (χ3v) is 6.41. The first kappa shape index (κ1) is 18.4. The van der Waals surface area contributed by atoms with Gasteiger partial charge in [0.1, 0.15) is 17.4 Å². The Morgan fingerprint density at radius 1 is 1.17 bits per heavy atom. The second-order valence-corrected chi connectivity index (χ2v) is 8.20. The fraction of sp³-hybridized carbons (Fsp3) is 0.474. The number of carbonyl (C=O) groups excluding carboxylic acids is 1. The molecule has 9 nitrogen and oxygen atoms in total. The van der Waals surface area contributed by atoms with Crippen molar-refractivity contribution in [2.24, 2.45) is 15.0 Å². The minimum Gasteiger partial charge on any atom is -0.454 e. The van der Waals surface area contributed by atoms with Crippen molar-refractivity contribution in [3.8, 4) is 11.5 Å². The molecule has 0 saturated carbocycles. The highest BCUT2D eigenvalue weighted by molar-refractivity contribution is 8.14. The van der Waals surface area contributed by atoms with Crippen LogP contribution in [-0.4, -0.2) is 84.4 Å². The summed E-state index contributed by atoms with van der Waals surface area (Å²) in [6.07, 6.45) is 3.05. The molecule has 29 heavy (non-hydrogen) atoms. The zero-order valence-electron chi connectivity index (χ0n) is 15.9. The summed E-state index contributed by atoms with van der Waals surface area (Å²) in [7, 11) is 0. The number of fused-ring (bicyclic) bond motifs is 2. The number of rotatable bonds is 4. The SMILES string of the molecule is O=C(CSC1=NC=N[C@@H]2N=CN[C@@H]12)N1CCN(Cc2ccc3c(c2)OCO3)CC1. The standard InChI is InChI=1S/C19H22N6O3S/c26-16(9-29-19-17-18(21-10-20-17)22-11-23-19)25-5-3-24(4-6-25)8-13-1-2-14-15(7-13)28-12-27-14/h1-2,7,10-11,17-18H,3-6,8-9,12H2,(H,20,21)/t17-,18+/m1/s1. The van der Waals surface area contributed by atoms with Crippen molar-refractivity contribution in [2.45, 2.75) is 18.8 Å². The molecule has 0 radical (unpaired) electrons. The van der Waals surface area contributed by atoms with Crippen LogP contribution >= 0.6 is 11.8 Å². The molecule has 2 atom stereocenters. The first-order valence-corrected chi connectivity index (χ1v) is 10.6. The topological polar surface area (TPSA) is 91.1 Å². The van der Waals surface area contributed by atoms with Gasteiger partial charge >= 0.3 is 0 Å². The van der Waals surface area contributed by atoms with Crippen molar-refractivity contribution in [1.29, 1.82) is 0 Å². The molecule has 1 saturated heterocycles. The third-order valence-electron chi connectivity index (χ3n) is 5.36. The number of hydrogen-bond acceptors (Lipinski definition) is 9. The summed E-state index contributed by atoms with van der Waals surface area (Å²) >= 11 is 1.48. The molecule has 1 N–H and O–H groups in total. The van der Waals surface area contributed by atoms with Gasteiger partial charge in [0.15, 0.2) is 17.7 Å². The Kier molecular flexibility index (Phi) is 5.11. The molecular weight excluding hydrogens is 392 g/mol. The monoisotopic (exact) mass is 414 g/mol. The number of piperazine rings is 1. The number of carbonyl (C=O) groups is 1. The molecule has 5 rings (SSSR count). The smallest absolute Gasteiger partial charge is 0.233 e. The minimum absolute atomic E-state index is 0.0312.